The second kappa shape index (κ2) is 12.6. The van der Waals surface area contributed by atoms with Gasteiger partial charge in [-0.2, -0.15) is 0 Å². The number of hydrogen-bond donors (Lipinski definition) is 1. The number of hydrogen-bond acceptors (Lipinski definition) is 3. The monoisotopic (exact) mass is 491 g/mol. The maximum absolute atomic E-state index is 12.7. The Hall–Kier alpha value is -3.01. The fraction of sp³-hybridized carbons (Fsp3) is 0.310. The molecule has 1 atom stereocenters. The van der Waals surface area contributed by atoms with Gasteiger partial charge >= 0.3 is 210 Å². The molecule has 0 aromatic heterocycles. The number of nitrogens with one attached hydrogen (secondary N) is 1. The van der Waals surface area contributed by atoms with Crippen molar-refractivity contribution < 1.29 is 9.59 Å². The van der Waals surface area contributed by atoms with E-state index in [0.29, 0.717) is 26.2 Å². The number of amides is 2. The van der Waals surface area contributed by atoms with Gasteiger partial charge in [0.05, 0.1) is 0 Å². The molecule has 2 amide bonds. The molecule has 1 N–H and O–H groups in total. The molecule has 6 heteroatoms. The van der Waals surface area contributed by atoms with Gasteiger partial charge in [0.25, 0.3) is 0 Å². The van der Waals surface area contributed by atoms with Crippen LogP contribution in [0.3, 0.4) is 0 Å². The fourth-order valence-electron chi connectivity index (χ4n) is 4.98. The SMILES string of the molecule is CNCC(=O)N(C)CCN(CC(C)[PH](c1ccccc1)(c1ccccc1)c1ccccc1)C(C)=O. The normalized spacial score (nSPS) is 12.6. The number of nitrogens with zero attached hydrogens (tertiary/aromatic N) is 2. The Balaban J connectivity index is 2.03. The van der Waals surface area contributed by atoms with Crippen molar-refractivity contribution >= 4 is 35.0 Å². The first kappa shape index (κ1) is 26.6. The van der Waals surface area contributed by atoms with E-state index in [4.69, 9.17) is 0 Å². The van der Waals surface area contributed by atoms with Gasteiger partial charge in [0.15, 0.2) is 0 Å². The summed E-state index contributed by atoms with van der Waals surface area (Å²) in [5.74, 6) is 0.0500. The van der Waals surface area contributed by atoms with E-state index in [2.05, 4.69) is 103 Å². The first-order valence-corrected chi connectivity index (χ1v) is 14.3. The summed E-state index contributed by atoms with van der Waals surface area (Å²) in [6, 6.07) is 32.3. The van der Waals surface area contributed by atoms with E-state index in [9.17, 15) is 9.59 Å². The summed E-state index contributed by atoms with van der Waals surface area (Å²) in [7, 11) is 1.04. The van der Waals surface area contributed by atoms with Crippen LogP contribution in [0.2, 0.25) is 0 Å². The minimum atomic E-state index is -2.51. The van der Waals surface area contributed by atoms with Gasteiger partial charge < -0.3 is 0 Å². The van der Waals surface area contributed by atoms with E-state index in [1.807, 2.05) is 4.90 Å². The Morgan fingerprint density at radius 1 is 0.800 bits per heavy atom. The Morgan fingerprint density at radius 2 is 1.23 bits per heavy atom. The molecule has 5 nitrogen and oxygen atoms in total. The van der Waals surface area contributed by atoms with E-state index in [1.54, 1.807) is 25.9 Å². The summed E-state index contributed by atoms with van der Waals surface area (Å²) in [5.41, 5.74) is 0.192. The quantitative estimate of drug-likeness (QED) is 0.420. The van der Waals surface area contributed by atoms with Crippen molar-refractivity contribution in [2.45, 2.75) is 19.5 Å². The predicted molar refractivity (Wildman–Crippen MR) is 150 cm³/mol. The van der Waals surface area contributed by atoms with Crippen molar-refractivity contribution in [3.63, 3.8) is 0 Å². The molecule has 0 radical (unpaired) electrons. The number of carbonyl (C=O) groups excluding carboxylic acids is 2. The molecule has 0 saturated carbocycles. The van der Waals surface area contributed by atoms with Gasteiger partial charge in [0, 0.05) is 0 Å². The van der Waals surface area contributed by atoms with Crippen LogP contribution < -0.4 is 21.2 Å². The topological polar surface area (TPSA) is 52.7 Å². The van der Waals surface area contributed by atoms with Crippen LogP contribution >= 0.6 is 7.26 Å². The third-order valence-electron chi connectivity index (χ3n) is 6.83. The molecule has 0 aliphatic rings. The van der Waals surface area contributed by atoms with Crippen LogP contribution in [-0.4, -0.2) is 67.5 Å². The van der Waals surface area contributed by atoms with Crippen molar-refractivity contribution in [1.29, 1.82) is 0 Å². The molecule has 1 unspecified atom stereocenters. The molecule has 0 heterocycles. The average Bonchev–Trinajstić information content (AvgIpc) is 2.88. The number of benzene rings is 3. The van der Waals surface area contributed by atoms with Gasteiger partial charge in [-0.3, -0.25) is 0 Å². The zero-order valence-corrected chi connectivity index (χ0v) is 22.3. The van der Waals surface area contributed by atoms with Crippen LogP contribution in [0.1, 0.15) is 13.8 Å². The molecule has 0 bridgehead atoms. The zero-order chi connectivity index (χ0) is 25.3. The Bertz CT molecular complexity index is 980. The van der Waals surface area contributed by atoms with Crippen molar-refractivity contribution in [2.24, 2.45) is 0 Å². The summed E-state index contributed by atoms with van der Waals surface area (Å²) in [6.07, 6.45) is 0. The second-order valence-corrected chi connectivity index (χ2v) is 13.5. The van der Waals surface area contributed by atoms with Crippen LogP contribution in [-0.2, 0) is 9.59 Å². The van der Waals surface area contributed by atoms with Crippen LogP contribution in [0.4, 0.5) is 0 Å². The summed E-state index contributed by atoms with van der Waals surface area (Å²) in [6.45, 7) is 5.83. The van der Waals surface area contributed by atoms with E-state index >= 15 is 0 Å². The summed E-state index contributed by atoms with van der Waals surface area (Å²) >= 11 is 0. The average molecular weight is 492 g/mol. The summed E-state index contributed by atoms with van der Waals surface area (Å²) in [4.78, 5) is 28.6. The van der Waals surface area contributed by atoms with E-state index in [1.165, 1.54) is 15.9 Å². The molecule has 0 spiro atoms. The third-order valence-corrected chi connectivity index (χ3v) is 12.2. The standard InChI is InChI=1S/C29H38N3O2P/c1-24(23-32(25(2)33)21-20-31(4)29(34)22-30-3)35(26-14-8-5-9-15-26,27-16-10-6-11-17-27)28-18-12-7-13-19-28/h5-19,24,30,35H,20-23H2,1-4H3. The van der Waals surface area contributed by atoms with Crippen LogP contribution in [0, 0.1) is 0 Å². The minimum absolute atomic E-state index is 0.0191. The van der Waals surface area contributed by atoms with E-state index in [0.717, 1.165) is 0 Å². The Kier molecular flexibility index (Phi) is 9.59. The fourth-order valence-corrected chi connectivity index (χ4v) is 10.3. The second-order valence-electron chi connectivity index (χ2n) is 9.12. The molecule has 0 saturated heterocycles. The van der Waals surface area contributed by atoms with Gasteiger partial charge in [0.2, 0.25) is 0 Å². The summed E-state index contributed by atoms with van der Waals surface area (Å²) < 4.78 is 0. The number of carbonyl (C=O) groups is 2. The van der Waals surface area contributed by atoms with E-state index in [-0.39, 0.29) is 17.5 Å². The number of rotatable bonds is 11. The third kappa shape index (κ3) is 6.17. The van der Waals surface area contributed by atoms with Crippen LogP contribution in [0.25, 0.3) is 0 Å². The van der Waals surface area contributed by atoms with Crippen molar-refractivity contribution in [3.8, 4) is 0 Å². The first-order valence-electron chi connectivity index (χ1n) is 12.2. The van der Waals surface area contributed by atoms with Crippen LogP contribution in [0.5, 0.6) is 0 Å². The van der Waals surface area contributed by atoms with E-state index < -0.39 is 7.26 Å². The van der Waals surface area contributed by atoms with Crippen LogP contribution in [0.15, 0.2) is 91.0 Å². The van der Waals surface area contributed by atoms with Crippen molar-refractivity contribution in [3.05, 3.63) is 91.0 Å². The Morgan fingerprint density at radius 3 is 1.60 bits per heavy atom. The van der Waals surface area contributed by atoms with Gasteiger partial charge in [0.1, 0.15) is 0 Å². The van der Waals surface area contributed by atoms with Gasteiger partial charge in [-0.15, -0.1) is 0 Å². The van der Waals surface area contributed by atoms with Crippen molar-refractivity contribution in [1.82, 2.24) is 15.1 Å². The molecule has 186 valence electrons. The molecule has 0 aliphatic heterocycles. The van der Waals surface area contributed by atoms with Crippen molar-refractivity contribution in [2.75, 3.05) is 40.3 Å². The predicted octanol–water partition coefficient (Wildman–Crippen LogP) is 2.63. The molecule has 35 heavy (non-hydrogen) atoms. The molecule has 3 aromatic rings. The molecule has 3 aromatic carbocycles. The molecular formula is C29H38N3O2P. The summed E-state index contributed by atoms with van der Waals surface area (Å²) in [5, 5.41) is 6.88. The Labute approximate surface area is 210 Å². The first-order chi connectivity index (χ1) is 16.9. The zero-order valence-electron chi connectivity index (χ0n) is 21.3. The molecule has 0 fully saturated rings. The van der Waals surface area contributed by atoms with Gasteiger partial charge in [-0.25, -0.2) is 0 Å². The molecule has 3 rings (SSSR count). The van der Waals surface area contributed by atoms with Gasteiger partial charge in [-0.05, 0) is 0 Å². The molecular weight excluding hydrogens is 453 g/mol. The number of likely N-dealkylation sites (N-methyl/N-ethyl adjacent to an activating group) is 2. The maximum atomic E-state index is 12.7. The molecule has 0 aliphatic carbocycles. The van der Waals surface area contributed by atoms with Gasteiger partial charge in [-0.1, -0.05) is 0 Å².